The highest BCUT2D eigenvalue weighted by Gasteiger charge is 2.31. The van der Waals surface area contributed by atoms with E-state index in [4.69, 9.17) is 14.7 Å². The van der Waals surface area contributed by atoms with Gasteiger partial charge in [-0.3, -0.25) is 14.8 Å². The van der Waals surface area contributed by atoms with Crippen molar-refractivity contribution in [2.45, 2.75) is 18.9 Å². The standard InChI is InChI=1S/C25H31BrN8O2/c1-32(2)7-5-28-25(35)17-12-18(20-4-3-6-34(20)23-15-27-14-21(26)30-23)24-19(13-17)29-16-22(31-24)33-8-10-36-11-9-33/h12-16,20H,3-11H2,1-2H3,(H,28,35). The van der Waals surface area contributed by atoms with Crippen molar-refractivity contribution in [1.82, 2.24) is 30.2 Å². The molecule has 5 rings (SSSR count). The van der Waals surface area contributed by atoms with Crippen LogP contribution in [0.3, 0.4) is 0 Å². The maximum atomic E-state index is 13.1. The van der Waals surface area contributed by atoms with Gasteiger partial charge in [0.25, 0.3) is 5.91 Å². The summed E-state index contributed by atoms with van der Waals surface area (Å²) < 4.78 is 6.21. The van der Waals surface area contributed by atoms with Crippen LogP contribution in [-0.2, 0) is 4.74 Å². The van der Waals surface area contributed by atoms with Crippen molar-refractivity contribution in [2.75, 3.05) is 69.8 Å². The second-order valence-corrected chi connectivity index (χ2v) is 10.2. The van der Waals surface area contributed by atoms with Gasteiger partial charge in [0.1, 0.15) is 16.2 Å². The van der Waals surface area contributed by atoms with Gasteiger partial charge in [0.05, 0.1) is 48.9 Å². The maximum Gasteiger partial charge on any atom is 0.251 e. The van der Waals surface area contributed by atoms with E-state index in [-0.39, 0.29) is 11.9 Å². The van der Waals surface area contributed by atoms with E-state index in [0.717, 1.165) is 67.3 Å². The number of amides is 1. The Morgan fingerprint density at radius 3 is 2.75 bits per heavy atom. The van der Waals surface area contributed by atoms with Crippen molar-refractivity contribution >= 4 is 44.5 Å². The highest BCUT2D eigenvalue weighted by Crippen LogP contribution is 2.38. The van der Waals surface area contributed by atoms with Gasteiger partial charge in [-0.1, -0.05) is 0 Å². The summed E-state index contributed by atoms with van der Waals surface area (Å²) in [6.45, 7) is 5.12. The molecule has 10 nitrogen and oxygen atoms in total. The molecular formula is C25H31BrN8O2. The number of rotatable bonds is 7. The van der Waals surface area contributed by atoms with E-state index in [9.17, 15) is 4.79 Å². The Bertz CT molecular complexity index is 1230. The average Bonchev–Trinajstić information content (AvgIpc) is 3.38. The molecule has 1 atom stereocenters. The number of aromatic nitrogens is 4. The Hall–Kier alpha value is -2.89. The van der Waals surface area contributed by atoms with Gasteiger partial charge in [-0.25, -0.2) is 9.97 Å². The first-order valence-electron chi connectivity index (χ1n) is 12.3. The monoisotopic (exact) mass is 554 g/mol. The molecule has 2 saturated heterocycles. The van der Waals surface area contributed by atoms with E-state index < -0.39 is 0 Å². The minimum absolute atomic E-state index is 0.0138. The molecule has 2 fully saturated rings. The van der Waals surface area contributed by atoms with Crippen molar-refractivity contribution in [3.63, 3.8) is 0 Å². The molecule has 1 amide bonds. The first-order valence-corrected chi connectivity index (χ1v) is 13.1. The number of anilines is 2. The lowest BCUT2D eigenvalue weighted by atomic mass is 9.99. The summed E-state index contributed by atoms with van der Waals surface area (Å²) in [7, 11) is 3.98. The van der Waals surface area contributed by atoms with Crippen LogP contribution in [0.5, 0.6) is 0 Å². The molecule has 1 N–H and O–H groups in total. The van der Waals surface area contributed by atoms with E-state index in [1.54, 1.807) is 18.6 Å². The largest absolute Gasteiger partial charge is 0.378 e. The van der Waals surface area contributed by atoms with Crippen molar-refractivity contribution in [3.8, 4) is 0 Å². The van der Waals surface area contributed by atoms with Crippen LogP contribution < -0.4 is 15.1 Å². The van der Waals surface area contributed by atoms with Gasteiger partial charge in [-0.15, -0.1) is 0 Å². The maximum absolute atomic E-state index is 13.1. The lowest BCUT2D eigenvalue weighted by molar-refractivity contribution is 0.0951. The molecule has 1 aromatic carbocycles. The topological polar surface area (TPSA) is 99.6 Å². The SMILES string of the molecule is CN(C)CCNC(=O)c1cc(C2CCCN2c2cncc(Br)n2)c2nc(N3CCOCC3)cnc2c1. The highest BCUT2D eigenvalue weighted by atomic mass is 79.9. The molecule has 2 aromatic heterocycles. The number of morpholine rings is 1. The van der Waals surface area contributed by atoms with Gasteiger partial charge >= 0.3 is 0 Å². The zero-order valence-electron chi connectivity index (χ0n) is 20.7. The summed E-state index contributed by atoms with van der Waals surface area (Å²) in [6, 6.07) is 3.84. The molecular weight excluding hydrogens is 524 g/mol. The second-order valence-electron chi connectivity index (χ2n) is 9.37. The van der Waals surface area contributed by atoms with E-state index >= 15 is 0 Å². The van der Waals surface area contributed by atoms with Crippen LogP contribution in [0.15, 0.2) is 35.3 Å². The fourth-order valence-electron chi connectivity index (χ4n) is 4.79. The predicted molar refractivity (Wildman–Crippen MR) is 143 cm³/mol. The van der Waals surface area contributed by atoms with Crippen molar-refractivity contribution in [2.24, 2.45) is 0 Å². The van der Waals surface area contributed by atoms with Crippen molar-refractivity contribution < 1.29 is 9.53 Å². The summed E-state index contributed by atoms with van der Waals surface area (Å²) in [6.07, 6.45) is 7.21. The number of ether oxygens (including phenoxy) is 1. The molecule has 0 radical (unpaired) electrons. The second kappa shape index (κ2) is 11.0. The Labute approximate surface area is 219 Å². The molecule has 36 heavy (non-hydrogen) atoms. The third kappa shape index (κ3) is 5.42. The molecule has 4 heterocycles. The quantitative estimate of drug-likeness (QED) is 0.472. The van der Waals surface area contributed by atoms with Gasteiger partial charge in [-0.05, 0) is 55.0 Å². The van der Waals surface area contributed by atoms with Gasteiger partial charge in [-0.2, -0.15) is 0 Å². The van der Waals surface area contributed by atoms with Crippen LogP contribution in [0.25, 0.3) is 11.0 Å². The number of fused-ring (bicyclic) bond motifs is 1. The van der Waals surface area contributed by atoms with Crippen LogP contribution in [0.2, 0.25) is 0 Å². The summed E-state index contributed by atoms with van der Waals surface area (Å²) in [5.41, 5.74) is 3.13. The molecule has 2 aliphatic heterocycles. The van der Waals surface area contributed by atoms with Crippen LogP contribution >= 0.6 is 15.9 Å². The lowest BCUT2D eigenvalue weighted by Crippen LogP contribution is -2.36. The fraction of sp³-hybridized carbons (Fsp3) is 0.480. The fourth-order valence-corrected chi connectivity index (χ4v) is 5.09. The Kier molecular flexibility index (Phi) is 7.59. The minimum atomic E-state index is -0.106. The van der Waals surface area contributed by atoms with E-state index in [1.165, 1.54) is 0 Å². The normalized spacial score (nSPS) is 18.3. The summed E-state index contributed by atoms with van der Waals surface area (Å²) >= 11 is 3.45. The van der Waals surface area contributed by atoms with Gasteiger partial charge in [0.15, 0.2) is 0 Å². The Morgan fingerprint density at radius 2 is 1.97 bits per heavy atom. The third-order valence-electron chi connectivity index (χ3n) is 6.61. The first-order chi connectivity index (χ1) is 17.5. The summed E-state index contributed by atoms with van der Waals surface area (Å²) in [5.74, 6) is 1.53. The number of carbonyl (C=O) groups excluding carboxylic acids is 1. The average molecular weight is 555 g/mol. The molecule has 3 aromatic rings. The lowest BCUT2D eigenvalue weighted by Gasteiger charge is -2.29. The number of hydrogen-bond donors (Lipinski definition) is 1. The number of benzene rings is 1. The van der Waals surface area contributed by atoms with Gasteiger partial charge < -0.3 is 24.8 Å². The van der Waals surface area contributed by atoms with Crippen molar-refractivity contribution in [3.05, 3.63) is 46.5 Å². The molecule has 0 saturated carbocycles. The van der Waals surface area contributed by atoms with Gasteiger partial charge in [0, 0.05) is 43.9 Å². The Morgan fingerprint density at radius 1 is 1.14 bits per heavy atom. The molecule has 0 aliphatic carbocycles. The predicted octanol–water partition coefficient (Wildman–Crippen LogP) is 2.65. The van der Waals surface area contributed by atoms with Crippen LogP contribution in [-0.4, -0.2) is 90.8 Å². The van der Waals surface area contributed by atoms with Crippen LogP contribution in [0.1, 0.15) is 34.8 Å². The van der Waals surface area contributed by atoms with Gasteiger partial charge in [0.2, 0.25) is 0 Å². The minimum Gasteiger partial charge on any atom is -0.378 e. The summed E-state index contributed by atoms with van der Waals surface area (Å²) in [4.78, 5) is 38.4. The van der Waals surface area contributed by atoms with E-state index in [0.29, 0.717) is 29.9 Å². The number of halogens is 1. The first kappa shape index (κ1) is 24.8. The molecule has 190 valence electrons. The number of nitrogens with one attached hydrogen (secondary N) is 1. The van der Waals surface area contributed by atoms with E-state index in [2.05, 4.69) is 41.0 Å². The molecule has 0 bridgehead atoms. The Balaban J connectivity index is 1.56. The van der Waals surface area contributed by atoms with Crippen LogP contribution in [0.4, 0.5) is 11.6 Å². The molecule has 1 unspecified atom stereocenters. The number of carbonyl (C=O) groups is 1. The zero-order chi connectivity index (χ0) is 25.1. The van der Waals surface area contributed by atoms with Crippen molar-refractivity contribution in [1.29, 1.82) is 0 Å². The zero-order valence-corrected chi connectivity index (χ0v) is 22.2. The number of hydrogen-bond acceptors (Lipinski definition) is 9. The number of likely N-dealkylation sites (N-methyl/N-ethyl adjacent to an activating group) is 1. The molecule has 11 heteroatoms. The van der Waals surface area contributed by atoms with E-state index in [1.807, 2.05) is 31.1 Å². The van der Waals surface area contributed by atoms with Crippen LogP contribution in [0, 0.1) is 0 Å². The molecule has 0 spiro atoms. The third-order valence-corrected chi connectivity index (χ3v) is 6.99. The smallest absolute Gasteiger partial charge is 0.251 e. The summed E-state index contributed by atoms with van der Waals surface area (Å²) in [5, 5.41) is 3.03. The molecule has 2 aliphatic rings. The highest BCUT2D eigenvalue weighted by molar-refractivity contribution is 9.10. The number of nitrogens with zero attached hydrogens (tertiary/aromatic N) is 7.